The third-order valence-corrected chi connectivity index (χ3v) is 3.82. The molecular formula is C18H18FN3O2. The molecule has 1 aromatic carbocycles. The lowest BCUT2D eigenvalue weighted by atomic mass is 10.2. The van der Waals surface area contributed by atoms with Gasteiger partial charge in [0.05, 0.1) is 12.8 Å². The van der Waals surface area contributed by atoms with E-state index < -0.39 is 5.82 Å². The van der Waals surface area contributed by atoms with Gasteiger partial charge in [0, 0.05) is 12.7 Å². The van der Waals surface area contributed by atoms with Crippen molar-refractivity contribution in [2.75, 3.05) is 7.11 Å². The number of rotatable bonds is 5. The van der Waals surface area contributed by atoms with Crippen molar-refractivity contribution in [3.05, 3.63) is 65.4 Å². The smallest absolute Gasteiger partial charge is 0.270 e. The fourth-order valence-corrected chi connectivity index (χ4v) is 2.56. The standard InChI is InChI=1S/C18H18FN3O2/c1-3-15-17(22-11-13(19)6-9-16(22)21-15)18(23)20-10-12-4-7-14(24-2)8-5-12/h4-9,11H,3,10H2,1-2H3,(H,20,23). The van der Waals surface area contributed by atoms with Crippen LogP contribution in [0.4, 0.5) is 4.39 Å². The summed E-state index contributed by atoms with van der Waals surface area (Å²) in [5.74, 6) is 0.0723. The first kappa shape index (κ1) is 16.0. The molecule has 0 aliphatic rings. The summed E-state index contributed by atoms with van der Waals surface area (Å²) >= 11 is 0. The average molecular weight is 327 g/mol. The Morgan fingerprint density at radius 2 is 2.00 bits per heavy atom. The number of aryl methyl sites for hydroxylation is 1. The maximum Gasteiger partial charge on any atom is 0.270 e. The third-order valence-electron chi connectivity index (χ3n) is 3.82. The number of pyridine rings is 1. The van der Waals surface area contributed by atoms with Gasteiger partial charge in [-0.25, -0.2) is 9.37 Å². The lowest BCUT2D eigenvalue weighted by Gasteiger charge is -2.07. The van der Waals surface area contributed by atoms with Crippen molar-refractivity contribution in [1.29, 1.82) is 0 Å². The molecule has 0 saturated heterocycles. The van der Waals surface area contributed by atoms with E-state index in [2.05, 4.69) is 10.3 Å². The van der Waals surface area contributed by atoms with Crippen LogP contribution in [0.5, 0.6) is 5.75 Å². The van der Waals surface area contributed by atoms with Crippen LogP contribution in [0.3, 0.4) is 0 Å². The van der Waals surface area contributed by atoms with Gasteiger partial charge in [0.15, 0.2) is 0 Å². The number of nitrogens with zero attached hydrogens (tertiary/aromatic N) is 2. The molecule has 1 amide bonds. The van der Waals surface area contributed by atoms with Crippen molar-refractivity contribution in [1.82, 2.24) is 14.7 Å². The number of aromatic nitrogens is 2. The Morgan fingerprint density at radius 3 is 2.67 bits per heavy atom. The number of halogens is 1. The molecule has 0 radical (unpaired) electrons. The fraction of sp³-hybridized carbons (Fsp3) is 0.222. The summed E-state index contributed by atoms with van der Waals surface area (Å²) in [5.41, 5.74) is 2.53. The van der Waals surface area contributed by atoms with E-state index in [1.54, 1.807) is 13.2 Å². The van der Waals surface area contributed by atoms with E-state index in [4.69, 9.17) is 4.74 Å². The van der Waals surface area contributed by atoms with Gasteiger partial charge in [-0.05, 0) is 36.2 Å². The number of benzene rings is 1. The van der Waals surface area contributed by atoms with Crippen LogP contribution in [-0.2, 0) is 13.0 Å². The molecule has 0 aliphatic heterocycles. The number of hydrogen-bond acceptors (Lipinski definition) is 3. The second-order valence-electron chi connectivity index (χ2n) is 5.37. The maximum atomic E-state index is 13.5. The van der Waals surface area contributed by atoms with Gasteiger partial charge < -0.3 is 10.1 Å². The molecule has 0 fully saturated rings. The van der Waals surface area contributed by atoms with Crippen LogP contribution < -0.4 is 10.1 Å². The van der Waals surface area contributed by atoms with E-state index in [1.165, 1.54) is 16.7 Å². The van der Waals surface area contributed by atoms with E-state index >= 15 is 0 Å². The van der Waals surface area contributed by atoms with E-state index in [-0.39, 0.29) is 5.91 Å². The molecule has 2 heterocycles. The largest absolute Gasteiger partial charge is 0.497 e. The van der Waals surface area contributed by atoms with Gasteiger partial charge in [-0.2, -0.15) is 0 Å². The van der Waals surface area contributed by atoms with Crippen molar-refractivity contribution < 1.29 is 13.9 Å². The van der Waals surface area contributed by atoms with Crippen molar-refractivity contribution in [2.45, 2.75) is 19.9 Å². The number of fused-ring (bicyclic) bond motifs is 1. The van der Waals surface area contributed by atoms with Gasteiger partial charge in [0.25, 0.3) is 5.91 Å². The predicted octanol–water partition coefficient (Wildman–Crippen LogP) is 2.97. The quantitative estimate of drug-likeness (QED) is 0.784. The van der Waals surface area contributed by atoms with E-state index in [9.17, 15) is 9.18 Å². The minimum absolute atomic E-state index is 0.277. The molecule has 6 heteroatoms. The summed E-state index contributed by atoms with van der Waals surface area (Å²) < 4.78 is 20.1. The molecule has 0 bridgehead atoms. The van der Waals surface area contributed by atoms with Crippen LogP contribution in [0.15, 0.2) is 42.6 Å². The zero-order valence-electron chi connectivity index (χ0n) is 13.5. The number of ether oxygens (including phenoxy) is 1. The number of carbonyl (C=O) groups excluding carboxylic acids is 1. The van der Waals surface area contributed by atoms with Gasteiger partial charge in [-0.15, -0.1) is 0 Å². The molecule has 1 N–H and O–H groups in total. The second kappa shape index (κ2) is 6.70. The average Bonchev–Trinajstić information content (AvgIpc) is 2.97. The molecule has 5 nitrogen and oxygen atoms in total. The number of hydrogen-bond donors (Lipinski definition) is 1. The zero-order valence-corrected chi connectivity index (χ0v) is 13.5. The molecule has 124 valence electrons. The molecule has 0 saturated carbocycles. The van der Waals surface area contributed by atoms with Crippen molar-refractivity contribution in [2.24, 2.45) is 0 Å². The molecule has 0 aliphatic carbocycles. The predicted molar refractivity (Wildman–Crippen MR) is 88.7 cm³/mol. The highest BCUT2D eigenvalue weighted by Gasteiger charge is 2.18. The van der Waals surface area contributed by atoms with Crippen LogP contribution in [0.25, 0.3) is 5.65 Å². The molecule has 3 aromatic rings. The lowest BCUT2D eigenvalue weighted by molar-refractivity contribution is 0.0944. The maximum absolute atomic E-state index is 13.5. The Labute approximate surface area is 139 Å². The molecular weight excluding hydrogens is 309 g/mol. The Morgan fingerprint density at radius 1 is 1.25 bits per heavy atom. The van der Waals surface area contributed by atoms with Gasteiger partial charge in [-0.1, -0.05) is 19.1 Å². The van der Waals surface area contributed by atoms with Gasteiger partial charge in [0.1, 0.15) is 22.9 Å². The number of imidazole rings is 1. The Hall–Kier alpha value is -2.89. The first-order chi connectivity index (χ1) is 11.6. The van der Waals surface area contributed by atoms with Crippen molar-refractivity contribution in [3.63, 3.8) is 0 Å². The molecule has 2 aromatic heterocycles. The summed E-state index contributed by atoms with van der Waals surface area (Å²) in [6.45, 7) is 2.28. The monoisotopic (exact) mass is 327 g/mol. The summed E-state index contributed by atoms with van der Waals surface area (Å²) in [6, 6.07) is 10.3. The van der Waals surface area contributed by atoms with Gasteiger partial charge in [0.2, 0.25) is 0 Å². The number of carbonyl (C=O) groups is 1. The Kier molecular flexibility index (Phi) is 4.46. The summed E-state index contributed by atoms with van der Waals surface area (Å²) in [4.78, 5) is 17.0. The highest BCUT2D eigenvalue weighted by atomic mass is 19.1. The van der Waals surface area contributed by atoms with Crippen LogP contribution in [0, 0.1) is 5.82 Å². The fourth-order valence-electron chi connectivity index (χ4n) is 2.56. The highest BCUT2D eigenvalue weighted by molar-refractivity contribution is 5.94. The topological polar surface area (TPSA) is 55.6 Å². The van der Waals surface area contributed by atoms with E-state index in [0.717, 1.165) is 11.3 Å². The number of nitrogens with one attached hydrogen (secondary N) is 1. The number of methoxy groups -OCH3 is 1. The van der Waals surface area contributed by atoms with Crippen LogP contribution in [-0.4, -0.2) is 22.4 Å². The molecule has 3 rings (SSSR count). The first-order valence-corrected chi connectivity index (χ1v) is 7.70. The summed E-state index contributed by atoms with van der Waals surface area (Å²) in [5, 5.41) is 2.86. The molecule has 24 heavy (non-hydrogen) atoms. The van der Waals surface area contributed by atoms with E-state index in [1.807, 2.05) is 31.2 Å². The minimum atomic E-state index is -0.410. The molecule has 0 spiro atoms. The van der Waals surface area contributed by atoms with Gasteiger partial charge >= 0.3 is 0 Å². The SMILES string of the molecule is CCc1nc2ccc(F)cn2c1C(=O)NCc1ccc(OC)cc1. The number of amides is 1. The minimum Gasteiger partial charge on any atom is -0.497 e. The Balaban J connectivity index is 1.83. The van der Waals surface area contributed by atoms with E-state index in [0.29, 0.717) is 30.0 Å². The van der Waals surface area contributed by atoms with Crippen LogP contribution >= 0.6 is 0 Å². The summed E-state index contributed by atoms with van der Waals surface area (Å²) in [7, 11) is 1.60. The van der Waals surface area contributed by atoms with Gasteiger partial charge in [-0.3, -0.25) is 9.20 Å². The second-order valence-corrected chi connectivity index (χ2v) is 5.37. The normalized spacial score (nSPS) is 10.8. The molecule has 0 unspecified atom stereocenters. The molecule has 0 atom stereocenters. The van der Waals surface area contributed by atoms with Crippen LogP contribution in [0.1, 0.15) is 28.7 Å². The van der Waals surface area contributed by atoms with Crippen molar-refractivity contribution in [3.8, 4) is 5.75 Å². The highest BCUT2D eigenvalue weighted by Crippen LogP contribution is 2.15. The Bertz CT molecular complexity index is 872. The van der Waals surface area contributed by atoms with Crippen LogP contribution in [0.2, 0.25) is 0 Å². The zero-order chi connectivity index (χ0) is 17.1. The van der Waals surface area contributed by atoms with Crippen molar-refractivity contribution >= 4 is 11.6 Å². The lowest BCUT2D eigenvalue weighted by Crippen LogP contribution is -2.25. The third kappa shape index (κ3) is 3.08. The first-order valence-electron chi connectivity index (χ1n) is 7.70. The summed E-state index contributed by atoms with van der Waals surface area (Å²) in [6.07, 6.45) is 1.87.